The Morgan fingerprint density at radius 1 is 1.20 bits per heavy atom. The quantitative estimate of drug-likeness (QED) is 0.733. The third kappa shape index (κ3) is 4.85. The zero-order valence-corrected chi connectivity index (χ0v) is 18.2. The summed E-state index contributed by atoms with van der Waals surface area (Å²) in [6.45, 7) is 3.62. The molecule has 0 saturated carbocycles. The van der Waals surface area contributed by atoms with Gasteiger partial charge in [0.15, 0.2) is 9.84 Å². The number of aliphatic hydroxyl groups excluding tert-OH is 1. The topological polar surface area (TPSA) is 88.5 Å². The highest BCUT2D eigenvalue weighted by Crippen LogP contribution is 2.39. The highest BCUT2D eigenvalue weighted by Gasteiger charge is 2.37. The number of aryl methyl sites for hydroxylation is 1. The summed E-state index contributed by atoms with van der Waals surface area (Å²) in [5.74, 6) is 0.643. The van der Waals surface area contributed by atoms with Gasteiger partial charge in [-0.15, -0.1) is 0 Å². The Bertz CT molecular complexity index is 983. The monoisotopic (exact) mass is 430 g/mol. The molecule has 1 aromatic carbocycles. The van der Waals surface area contributed by atoms with Crippen LogP contribution in [0.3, 0.4) is 0 Å². The number of hydrogen-bond acceptors (Lipinski definition) is 6. The number of pyridine rings is 1. The van der Waals surface area contributed by atoms with E-state index in [1.54, 1.807) is 13.1 Å². The van der Waals surface area contributed by atoms with E-state index in [2.05, 4.69) is 16.4 Å². The van der Waals surface area contributed by atoms with E-state index < -0.39 is 9.84 Å². The van der Waals surface area contributed by atoms with Crippen molar-refractivity contribution >= 4 is 9.84 Å². The van der Waals surface area contributed by atoms with Gasteiger partial charge < -0.3 is 15.2 Å². The molecule has 3 heterocycles. The highest BCUT2D eigenvalue weighted by molar-refractivity contribution is 7.90. The SMILES string of the molecule is C[C@@H](CO)CS(=O)(=O)Cc1ccc(-c2ccc3c(c2)CCC2(CCNCC2)O3)nc1. The van der Waals surface area contributed by atoms with Crippen LogP contribution < -0.4 is 10.1 Å². The first-order valence-corrected chi connectivity index (χ1v) is 12.5. The molecule has 0 bridgehead atoms. The van der Waals surface area contributed by atoms with Crippen LogP contribution in [0.2, 0.25) is 0 Å². The van der Waals surface area contributed by atoms with Crippen LogP contribution in [-0.4, -0.2) is 49.6 Å². The van der Waals surface area contributed by atoms with Gasteiger partial charge >= 0.3 is 0 Å². The average Bonchev–Trinajstić information content (AvgIpc) is 2.74. The van der Waals surface area contributed by atoms with E-state index in [1.807, 2.05) is 24.3 Å². The largest absolute Gasteiger partial charge is 0.487 e. The molecule has 2 N–H and O–H groups in total. The molecule has 30 heavy (non-hydrogen) atoms. The number of nitrogens with zero attached hydrogens (tertiary/aromatic N) is 1. The van der Waals surface area contributed by atoms with Crippen molar-refractivity contribution < 1.29 is 18.3 Å². The highest BCUT2D eigenvalue weighted by atomic mass is 32.2. The zero-order valence-electron chi connectivity index (χ0n) is 17.4. The molecule has 2 aromatic rings. The first kappa shape index (κ1) is 21.3. The smallest absolute Gasteiger partial charge is 0.154 e. The van der Waals surface area contributed by atoms with Crippen molar-refractivity contribution in [3.05, 3.63) is 47.7 Å². The van der Waals surface area contributed by atoms with Gasteiger partial charge in [0.2, 0.25) is 0 Å². The lowest BCUT2D eigenvalue weighted by molar-refractivity contribution is 0.0170. The van der Waals surface area contributed by atoms with E-state index >= 15 is 0 Å². The molecule has 0 radical (unpaired) electrons. The number of rotatable bonds is 6. The number of aromatic nitrogens is 1. The molecule has 0 unspecified atom stereocenters. The zero-order chi connectivity index (χ0) is 21.2. The number of fused-ring (bicyclic) bond motifs is 1. The van der Waals surface area contributed by atoms with Gasteiger partial charge in [-0.1, -0.05) is 13.0 Å². The summed E-state index contributed by atoms with van der Waals surface area (Å²) < 4.78 is 30.9. The molecule has 7 heteroatoms. The normalized spacial score (nSPS) is 19.1. The summed E-state index contributed by atoms with van der Waals surface area (Å²) in [5.41, 5.74) is 3.70. The van der Waals surface area contributed by atoms with Gasteiger partial charge in [-0.05, 0) is 80.1 Å². The van der Waals surface area contributed by atoms with Crippen molar-refractivity contribution in [3.63, 3.8) is 0 Å². The van der Waals surface area contributed by atoms with Crippen LogP contribution in [0.25, 0.3) is 11.3 Å². The van der Waals surface area contributed by atoms with Gasteiger partial charge in [-0.3, -0.25) is 4.98 Å². The molecule has 2 aliphatic rings. The van der Waals surface area contributed by atoms with Gasteiger partial charge in [0, 0.05) is 18.4 Å². The van der Waals surface area contributed by atoms with Crippen molar-refractivity contribution in [1.82, 2.24) is 10.3 Å². The third-order valence-electron chi connectivity index (χ3n) is 6.11. The second-order valence-corrected chi connectivity index (χ2v) is 10.9. The number of benzene rings is 1. The van der Waals surface area contributed by atoms with Crippen molar-refractivity contribution in [2.75, 3.05) is 25.4 Å². The first-order valence-electron chi connectivity index (χ1n) is 10.7. The lowest BCUT2D eigenvalue weighted by Crippen LogP contribution is -2.48. The van der Waals surface area contributed by atoms with Crippen molar-refractivity contribution in [2.45, 2.75) is 44.0 Å². The molecule has 1 aromatic heterocycles. The number of sulfone groups is 1. The minimum atomic E-state index is -3.27. The maximum absolute atomic E-state index is 12.3. The summed E-state index contributed by atoms with van der Waals surface area (Å²) in [6.07, 6.45) is 5.79. The maximum Gasteiger partial charge on any atom is 0.154 e. The number of aliphatic hydroxyl groups is 1. The Morgan fingerprint density at radius 2 is 2.00 bits per heavy atom. The fraction of sp³-hybridized carbons (Fsp3) is 0.522. The van der Waals surface area contributed by atoms with E-state index in [0.717, 1.165) is 55.8 Å². The lowest BCUT2D eigenvalue weighted by atomic mass is 9.83. The summed E-state index contributed by atoms with van der Waals surface area (Å²) in [6, 6.07) is 9.92. The average molecular weight is 431 g/mol. The van der Waals surface area contributed by atoms with Gasteiger partial charge in [-0.2, -0.15) is 0 Å². The molecule has 1 atom stereocenters. The first-order chi connectivity index (χ1) is 14.4. The standard InChI is InChI=1S/C23H30N2O4S/c1-17(14-26)15-30(27,28)16-18-2-4-21(25-13-18)19-3-5-22-20(12-19)6-7-23(29-22)8-10-24-11-9-23/h2-5,12-13,17,24,26H,6-11,14-16H2,1H3/t17-/m0/s1. The Labute approximate surface area is 178 Å². The van der Waals surface area contributed by atoms with Crippen molar-refractivity contribution in [2.24, 2.45) is 5.92 Å². The van der Waals surface area contributed by atoms with Crippen LogP contribution in [0.4, 0.5) is 0 Å². The Kier molecular flexibility index (Phi) is 6.14. The van der Waals surface area contributed by atoms with Crippen LogP contribution >= 0.6 is 0 Å². The van der Waals surface area contributed by atoms with Gasteiger partial charge in [-0.25, -0.2) is 8.42 Å². The molecule has 2 aliphatic heterocycles. The summed E-state index contributed by atoms with van der Waals surface area (Å²) in [4.78, 5) is 4.50. The van der Waals surface area contributed by atoms with E-state index in [-0.39, 0.29) is 29.6 Å². The molecule has 1 fully saturated rings. The fourth-order valence-corrected chi connectivity index (χ4v) is 6.16. The Morgan fingerprint density at radius 3 is 2.70 bits per heavy atom. The number of ether oxygens (including phenoxy) is 1. The molecule has 1 spiro atoms. The van der Waals surface area contributed by atoms with Crippen LogP contribution in [0.15, 0.2) is 36.5 Å². The summed E-state index contributed by atoms with van der Waals surface area (Å²) >= 11 is 0. The van der Waals surface area contributed by atoms with Crippen molar-refractivity contribution in [3.8, 4) is 17.0 Å². The molecular weight excluding hydrogens is 400 g/mol. The number of piperidine rings is 1. The van der Waals surface area contributed by atoms with E-state index in [4.69, 9.17) is 9.84 Å². The second-order valence-electron chi connectivity index (χ2n) is 8.75. The molecule has 6 nitrogen and oxygen atoms in total. The van der Waals surface area contributed by atoms with Crippen LogP contribution in [0.1, 0.15) is 37.3 Å². The lowest BCUT2D eigenvalue weighted by Gasteiger charge is -2.41. The van der Waals surface area contributed by atoms with E-state index in [0.29, 0.717) is 5.56 Å². The molecule has 4 rings (SSSR count). The van der Waals surface area contributed by atoms with Gasteiger partial charge in [0.05, 0.1) is 17.2 Å². The number of nitrogens with one attached hydrogen (secondary N) is 1. The maximum atomic E-state index is 12.3. The van der Waals surface area contributed by atoms with E-state index in [9.17, 15) is 8.42 Å². The minimum Gasteiger partial charge on any atom is -0.487 e. The predicted octanol–water partition coefficient (Wildman–Crippen LogP) is 2.74. The van der Waals surface area contributed by atoms with Crippen LogP contribution in [0, 0.1) is 5.92 Å². The van der Waals surface area contributed by atoms with Gasteiger partial charge in [0.1, 0.15) is 11.4 Å². The molecule has 0 aliphatic carbocycles. The molecule has 1 saturated heterocycles. The van der Waals surface area contributed by atoms with Crippen LogP contribution in [-0.2, 0) is 22.0 Å². The van der Waals surface area contributed by atoms with Crippen molar-refractivity contribution in [1.29, 1.82) is 0 Å². The molecule has 162 valence electrons. The molecular formula is C23H30N2O4S. The number of hydrogen-bond donors (Lipinski definition) is 2. The predicted molar refractivity (Wildman–Crippen MR) is 117 cm³/mol. The Balaban J connectivity index is 1.46. The Hall–Kier alpha value is -1.96. The fourth-order valence-electron chi connectivity index (χ4n) is 4.39. The summed E-state index contributed by atoms with van der Waals surface area (Å²) in [7, 11) is -3.27. The third-order valence-corrected chi connectivity index (χ3v) is 7.96. The second kappa shape index (κ2) is 8.65. The summed E-state index contributed by atoms with van der Waals surface area (Å²) in [5, 5.41) is 12.5. The minimum absolute atomic E-state index is 0.0152. The molecule has 0 amide bonds. The van der Waals surface area contributed by atoms with E-state index in [1.165, 1.54) is 5.56 Å². The van der Waals surface area contributed by atoms with Crippen LogP contribution in [0.5, 0.6) is 5.75 Å². The van der Waals surface area contributed by atoms with Gasteiger partial charge in [0.25, 0.3) is 0 Å².